The molecule has 5 nitrogen and oxygen atoms in total. The molecule has 124 valence electrons. The monoisotopic (exact) mass is 314 g/mol. The van der Waals surface area contributed by atoms with Gasteiger partial charge in [-0.2, -0.15) is 0 Å². The van der Waals surface area contributed by atoms with Gasteiger partial charge in [-0.25, -0.2) is 0 Å². The second-order valence-corrected chi connectivity index (χ2v) is 6.51. The van der Waals surface area contributed by atoms with Crippen molar-refractivity contribution in [1.29, 1.82) is 0 Å². The number of para-hydroxylation sites is 1. The Morgan fingerprint density at radius 3 is 2.70 bits per heavy atom. The first kappa shape index (κ1) is 16.0. The van der Waals surface area contributed by atoms with Crippen molar-refractivity contribution in [2.24, 2.45) is 5.92 Å². The topological polar surface area (TPSA) is 58.1 Å². The molecule has 0 radical (unpaired) electrons. The lowest BCUT2D eigenvalue weighted by Gasteiger charge is -2.17. The summed E-state index contributed by atoms with van der Waals surface area (Å²) in [6.45, 7) is 5.88. The van der Waals surface area contributed by atoms with E-state index in [-0.39, 0.29) is 5.91 Å². The van der Waals surface area contributed by atoms with Gasteiger partial charge in [-0.3, -0.25) is 15.6 Å². The fraction of sp³-hybridized carbons (Fsp3) is 0.500. The Hall–Kier alpha value is -1.85. The molecule has 5 heteroatoms. The minimum absolute atomic E-state index is 0.150. The molecule has 1 fully saturated rings. The van der Waals surface area contributed by atoms with E-state index >= 15 is 0 Å². The van der Waals surface area contributed by atoms with Crippen LogP contribution >= 0.6 is 0 Å². The van der Waals surface area contributed by atoms with Gasteiger partial charge in [-0.1, -0.05) is 18.2 Å². The van der Waals surface area contributed by atoms with Gasteiger partial charge in [0.25, 0.3) is 0 Å². The summed E-state index contributed by atoms with van der Waals surface area (Å²) in [5.74, 6) is 0.500. The molecule has 0 saturated carbocycles. The van der Waals surface area contributed by atoms with Crippen LogP contribution in [0.1, 0.15) is 26.7 Å². The lowest BCUT2D eigenvalue weighted by molar-refractivity contribution is -0.122. The number of aryl methyl sites for hydroxylation is 1. The SMILES string of the molecule is CC1NNC(C)C1CC(=O)NCCCn1ccc2ccccc21. The second kappa shape index (κ2) is 7.15. The normalized spacial score (nSPS) is 24.2. The number of hydrogen-bond acceptors (Lipinski definition) is 3. The lowest BCUT2D eigenvalue weighted by atomic mass is 9.93. The van der Waals surface area contributed by atoms with E-state index in [1.165, 1.54) is 10.9 Å². The molecular weight excluding hydrogens is 288 g/mol. The van der Waals surface area contributed by atoms with Gasteiger partial charge in [0.15, 0.2) is 0 Å². The number of carbonyl (C=O) groups is 1. The Morgan fingerprint density at radius 1 is 1.17 bits per heavy atom. The molecule has 3 N–H and O–H groups in total. The number of nitrogens with one attached hydrogen (secondary N) is 3. The van der Waals surface area contributed by atoms with E-state index in [2.05, 4.69) is 71.1 Å². The largest absolute Gasteiger partial charge is 0.356 e. The van der Waals surface area contributed by atoms with Gasteiger partial charge in [-0.05, 0) is 37.8 Å². The number of nitrogens with zero attached hydrogens (tertiary/aromatic N) is 1. The van der Waals surface area contributed by atoms with Crippen LogP contribution in [0.4, 0.5) is 0 Å². The third-order valence-corrected chi connectivity index (χ3v) is 4.82. The van der Waals surface area contributed by atoms with Gasteiger partial charge >= 0.3 is 0 Å². The van der Waals surface area contributed by atoms with Crippen LogP contribution < -0.4 is 16.2 Å². The van der Waals surface area contributed by atoms with Crippen LogP contribution in [-0.4, -0.2) is 29.1 Å². The third-order valence-electron chi connectivity index (χ3n) is 4.82. The Balaban J connectivity index is 1.42. The summed E-state index contributed by atoms with van der Waals surface area (Å²) in [6.07, 6.45) is 3.64. The summed E-state index contributed by atoms with van der Waals surface area (Å²) >= 11 is 0. The fourth-order valence-corrected chi connectivity index (χ4v) is 3.36. The Bertz CT molecular complexity index is 656. The molecule has 1 aliphatic rings. The minimum Gasteiger partial charge on any atom is -0.356 e. The molecule has 2 aromatic rings. The van der Waals surface area contributed by atoms with Crippen molar-refractivity contribution in [2.45, 2.75) is 45.3 Å². The summed E-state index contributed by atoms with van der Waals surface area (Å²) in [6, 6.07) is 11.2. The number of amides is 1. The highest BCUT2D eigenvalue weighted by Gasteiger charge is 2.31. The van der Waals surface area contributed by atoms with Gasteiger partial charge in [-0.15, -0.1) is 0 Å². The molecule has 2 unspecified atom stereocenters. The molecular formula is C18H26N4O. The van der Waals surface area contributed by atoms with Gasteiger partial charge < -0.3 is 9.88 Å². The molecule has 1 aliphatic heterocycles. The second-order valence-electron chi connectivity index (χ2n) is 6.51. The highest BCUT2D eigenvalue weighted by atomic mass is 16.1. The zero-order valence-electron chi connectivity index (χ0n) is 13.9. The molecule has 2 atom stereocenters. The molecule has 1 aromatic carbocycles. The molecule has 23 heavy (non-hydrogen) atoms. The number of rotatable bonds is 6. The smallest absolute Gasteiger partial charge is 0.220 e. The first-order valence-electron chi connectivity index (χ1n) is 8.47. The van der Waals surface area contributed by atoms with E-state index in [4.69, 9.17) is 0 Å². The highest BCUT2D eigenvalue weighted by molar-refractivity contribution is 5.79. The average Bonchev–Trinajstić information content (AvgIpc) is 3.10. The zero-order chi connectivity index (χ0) is 16.2. The number of aromatic nitrogens is 1. The van der Waals surface area contributed by atoms with Crippen molar-refractivity contribution in [3.63, 3.8) is 0 Å². The molecule has 2 heterocycles. The molecule has 0 bridgehead atoms. The summed E-state index contributed by atoms with van der Waals surface area (Å²) in [5, 5.41) is 4.32. The zero-order valence-corrected chi connectivity index (χ0v) is 13.9. The predicted molar refractivity (Wildman–Crippen MR) is 92.9 cm³/mol. The summed E-state index contributed by atoms with van der Waals surface area (Å²) in [4.78, 5) is 12.1. The van der Waals surface area contributed by atoms with Crippen molar-refractivity contribution in [3.05, 3.63) is 36.5 Å². The van der Waals surface area contributed by atoms with Gasteiger partial charge in [0, 0.05) is 49.2 Å². The van der Waals surface area contributed by atoms with Crippen molar-refractivity contribution >= 4 is 16.8 Å². The van der Waals surface area contributed by atoms with Crippen LogP contribution in [0.2, 0.25) is 0 Å². The van der Waals surface area contributed by atoms with E-state index in [9.17, 15) is 4.79 Å². The Labute approximate surface area is 137 Å². The maximum atomic E-state index is 12.1. The van der Waals surface area contributed by atoms with Gasteiger partial charge in [0.2, 0.25) is 5.91 Å². The van der Waals surface area contributed by atoms with Crippen LogP contribution in [0, 0.1) is 5.92 Å². The minimum atomic E-state index is 0.150. The number of benzene rings is 1. The molecule has 1 amide bonds. The molecule has 0 aliphatic carbocycles. The summed E-state index contributed by atoms with van der Waals surface area (Å²) < 4.78 is 2.25. The number of fused-ring (bicyclic) bond motifs is 1. The molecule has 0 spiro atoms. The van der Waals surface area contributed by atoms with Crippen LogP contribution in [0.3, 0.4) is 0 Å². The number of hydrazine groups is 1. The molecule has 3 rings (SSSR count). The Morgan fingerprint density at radius 2 is 1.91 bits per heavy atom. The van der Waals surface area contributed by atoms with Crippen molar-refractivity contribution in [3.8, 4) is 0 Å². The van der Waals surface area contributed by atoms with E-state index in [1.54, 1.807) is 0 Å². The summed E-state index contributed by atoms with van der Waals surface area (Å²) in [7, 11) is 0. The lowest BCUT2D eigenvalue weighted by Crippen LogP contribution is -2.32. The fourth-order valence-electron chi connectivity index (χ4n) is 3.36. The average molecular weight is 314 g/mol. The van der Waals surface area contributed by atoms with E-state index in [0.29, 0.717) is 24.4 Å². The summed E-state index contributed by atoms with van der Waals surface area (Å²) in [5.41, 5.74) is 7.64. The van der Waals surface area contributed by atoms with E-state index in [1.807, 2.05) is 0 Å². The van der Waals surface area contributed by atoms with Crippen molar-refractivity contribution in [2.75, 3.05) is 6.54 Å². The first-order chi connectivity index (χ1) is 11.1. The predicted octanol–water partition coefficient (Wildman–Crippen LogP) is 2.04. The van der Waals surface area contributed by atoms with Gasteiger partial charge in [0.05, 0.1) is 0 Å². The highest BCUT2D eigenvalue weighted by Crippen LogP contribution is 2.18. The van der Waals surface area contributed by atoms with Crippen LogP contribution in [0.5, 0.6) is 0 Å². The number of carbonyl (C=O) groups excluding carboxylic acids is 1. The van der Waals surface area contributed by atoms with Crippen LogP contribution in [0.15, 0.2) is 36.5 Å². The van der Waals surface area contributed by atoms with E-state index < -0.39 is 0 Å². The van der Waals surface area contributed by atoms with Crippen LogP contribution in [0.25, 0.3) is 10.9 Å². The van der Waals surface area contributed by atoms with E-state index in [0.717, 1.165) is 19.5 Å². The number of hydrogen-bond donors (Lipinski definition) is 3. The maximum absolute atomic E-state index is 12.1. The van der Waals surface area contributed by atoms with Gasteiger partial charge in [0.1, 0.15) is 0 Å². The maximum Gasteiger partial charge on any atom is 0.220 e. The quantitative estimate of drug-likeness (QED) is 0.715. The molecule has 1 aromatic heterocycles. The third kappa shape index (κ3) is 3.74. The van der Waals surface area contributed by atoms with Crippen LogP contribution in [-0.2, 0) is 11.3 Å². The first-order valence-corrected chi connectivity index (χ1v) is 8.47. The Kier molecular flexibility index (Phi) is 4.98. The van der Waals surface area contributed by atoms with Crippen molar-refractivity contribution < 1.29 is 4.79 Å². The standard InChI is InChI=1S/C18H26N4O/c1-13-16(14(2)21-20-13)12-18(23)19-9-5-10-22-11-8-15-6-3-4-7-17(15)22/h3-4,6-8,11,13-14,16,20-21H,5,9-10,12H2,1-2H3,(H,19,23). The molecule has 1 saturated heterocycles. The van der Waals surface area contributed by atoms with Crippen molar-refractivity contribution in [1.82, 2.24) is 20.7 Å².